The molecule has 0 saturated heterocycles. The molecule has 0 aromatic heterocycles. The van der Waals surface area contributed by atoms with Crippen molar-refractivity contribution in [2.75, 3.05) is 13.7 Å². The average molecular weight is 355 g/mol. The summed E-state index contributed by atoms with van der Waals surface area (Å²) in [5, 5.41) is 0. The third-order valence-corrected chi connectivity index (χ3v) is 4.05. The molecule has 0 N–H and O–H groups in total. The SMILES string of the molecule is C[C@H](OC(=O)[C@@H]1COc2ccccc2O1)C(=O)N(C)Cc1ccccc1. The minimum Gasteiger partial charge on any atom is -0.485 e. The number of nitrogens with zero attached hydrogens (tertiary/aromatic N) is 1. The van der Waals surface area contributed by atoms with Crippen LogP contribution in [-0.4, -0.2) is 42.6 Å². The normalized spacial score (nSPS) is 16.5. The van der Waals surface area contributed by atoms with E-state index < -0.39 is 18.2 Å². The number of hydrogen-bond acceptors (Lipinski definition) is 5. The number of hydrogen-bond donors (Lipinski definition) is 0. The Morgan fingerprint density at radius 1 is 1.12 bits per heavy atom. The van der Waals surface area contributed by atoms with Crippen LogP contribution in [0, 0.1) is 0 Å². The van der Waals surface area contributed by atoms with Crippen LogP contribution in [0.5, 0.6) is 11.5 Å². The monoisotopic (exact) mass is 355 g/mol. The highest BCUT2D eigenvalue weighted by Crippen LogP contribution is 2.31. The minimum atomic E-state index is -0.906. The van der Waals surface area contributed by atoms with Crippen molar-refractivity contribution in [3.8, 4) is 11.5 Å². The third-order valence-electron chi connectivity index (χ3n) is 4.05. The van der Waals surface area contributed by atoms with E-state index in [1.54, 1.807) is 32.2 Å². The van der Waals surface area contributed by atoms with Gasteiger partial charge in [-0.1, -0.05) is 42.5 Å². The molecule has 136 valence electrons. The number of esters is 1. The Labute approximate surface area is 152 Å². The lowest BCUT2D eigenvalue weighted by molar-refractivity contribution is -0.166. The topological polar surface area (TPSA) is 65.1 Å². The summed E-state index contributed by atoms with van der Waals surface area (Å²) in [6.45, 7) is 2.05. The molecular formula is C20H21NO5. The van der Waals surface area contributed by atoms with Crippen molar-refractivity contribution in [2.45, 2.75) is 25.7 Å². The summed E-state index contributed by atoms with van der Waals surface area (Å²) in [5.41, 5.74) is 1.00. The molecule has 0 bridgehead atoms. The molecule has 1 aliphatic rings. The Morgan fingerprint density at radius 2 is 1.77 bits per heavy atom. The molecule has 0 radical (unpaired) electrons. The van der Waals surface area contributed by atoms with Crippen LogP contribution in [0.3, 0.4) is 0 Å². The highest BCUT2D eigenvalue weighted by atomic mass is 16.6. The lowest BCUT2D eigenvalue weighted by atomic mass is 10.2. The van der Waals surface area contributed by atoms with Gasteiger partial charge >= 0.3 is 5.97 Å². The van der Waals surface area contributed by atoms with E-state index in [-0.39, 0.29) is 12.5 Å². The largest absolute Gasteiger partial charge is 0.485 e. The number of para-hydroxylation sites is 2. The van der Waals surface area contributed by atoms with Gasteiger partial charge in [0.2, 0.25) is 6.10 Å². The second-order valence-corrected chi connectivity index (χ2v) is 6.12. The Hall–Kier alpha value is -3.02. The fourth-order valence-electron chi connectivity index (χ4n) is 2.68. The number of amides is 1. The van der Waals surface area contributed by atoms with E-state index in [0.29, 0.717) is 18.0 Å². The summed E-state index contributed by atoms with van der Waals surface area (Å²) >= 11 is 0. The zero-order valence-electron chi connectivity index (χ0n) is 14.8. The van der Waals surface area contributed by atoms with Gasteiger partial charge in [-0.15, -0.1) is 0 Å². The van der Waals surface area contributed by atoms with Crippen LogP contribution >= 0.6 is 0 Å². The maximum atomic E-state index is 12.4. The van der Waals surface area contributed by atoms with Crippen LogP contribution in [0.4, 0.5) is 0 Å². The quantitative estimate of drug-likeness (QED) is 0.771. The maximum Gasteiger partial charge on any atom is 0.351 e. The van der Waals surface area contributed by atoms with Crippen molar-refractivity contribution in [1.29, 1.82) is 0 Å². The first-order chi connectivity index (χ1) is 12.5. The van der Waals surface area contributed by atoms with Gasteiger partial charge in [-0.3, -0.25) is 4.79 Å². The summed E-state index contributed by atoms with van der Waals surface area (Å²) in [7, 11) is 1.68. The van der Waals surface area contributed by atoms with Gasteiger partial charge < -0.3 is 19.1 Å². The van der Waals surface area contributed by atoms with Gasteiger partial charge in [-0.2, -0.15) is 0 Å². The Kier molecular flexibility index (Phi) is 5.41. The van der Waals surface area contributed by atoms with Crippen LogP contribution < -0.4 is 9.47 Å². The molecule has 0 spiro atoms. The Bertz CT molecular complexity index is 777. The number of rotatable bonds is 5. The van der Waals surface area contributed by atoms with Crippen LogP contribution in [0.15, 0.2) is 54.6 Å². The zero-order chi connectivity index (χ0) is 18.5. The number of benzene rings is 2. The molecule has 0 aliphatic carbocycles. The van der Waals surface area contributed by atoms with Crippen molar-refractivity contribution in [3.63, 3.8) is 0 Å². The molecule has 2 aromatic carbocycles. The van der Waals surface area contributed by atoms with Crippen LogP contribution in [0.25, 0.3) is 0 Å². The molecule has 2 aromatic rings. The summed E-state index contributed by atoms with van der Waals surface area (Å²) in [5.74, 6) is 0.178. The first-order valence-corrected chi connectivity index (χ1v) is 8.42. The highest BCUT2D eigenvalue weighted by molar-refractivity contribution is 5.84. The molecule has 1 amide bonds. The predicted octanol–water partition coefficient (Wildman–Crippen LogP) is 2.42. The Morgan fingerprint density at radius 3 is 2.50 bits per heavy atom. The van der Waals surface area contributed by atoms with E-state index in [4.69, 9.17) is 14.2 Å². The van der Waals surface area contributed by atoms with Crippen LogP contribution in [0.1, 0.15) is 12.5 Å². The molecule has 0 saturated carbocycles. The molecule has 1 aliphatic heterocycles. The van der Waals surface area contributed by atoms with Crippen molar-refractivity contribution < 1.29 is 23.8 Å². The van der Waals surface area contributed by atoms with Crippen molar-refractivity contribution >= 4 is 11.9 Å². The molecule has 6 nitrogen and oxygen atoms in total. The fraction of sp³-hybridized carbons (Fsp3) is 0.300. The smallest absolute Gasteiger partial charge is 0.351 e. The second-order valence-electron chi connectivity index (χ2n) is 6.12. The summed E-state index contributed by atoms with van der Waals surface area (Å²) in [6.07, 6.45) is -1.79. The number of carbonyl (C=O) groups excluding carboxylic acids is 2. The van der Waals surface area contributed by atoms with E-state index in [9.17, 15) is 9.59 Å². The molecule has 1 heterocycles. The lowest BCUT2D eigenvalue weighted by Crippen LogP contribution is -2.43. The zero-order valence-corrected chi connectivity index (χ0v) is 14.8. The third kappa shape index (κ3) is 4.14. The van der Waals surface area contributed by atoms with Crippen molar-refractivity contribution in [2.24, 2.45) is 0 Å². The van der Waals surface area contributed by atoms with Gasteiger partial charge in [-0.25, -0.2) is 4.79 Å². The van der Waals surface area contributed by atoms with Gasteiger partial charge in [0.1, 0.15) is 6.61 Å². The lowest BCUT2D eigenvalue weighted by Gasteiger charge is -2.27. The molecule has 2 atom stereocenters. The van der Waals surface area contributed by atoms with Gasteiger partial charge in [-0.05, 0) is 24.6 Å². The highest BCUT2D eigenvalue weighted by Gasteiger charge is 2.31. The van der Waals surface area contributed by atoms with Crippen LogP contribution in [0.2, 0.25) is 0 Å². The second kappa shape index (κ2) is 7.91. The maximum absolute atomic E-state index is 12.4. The van der Waals surface area contributed by atoms with Gasteiger partial charge in [0, 0.05) is 13.6 Å². The van der Waals surface area contributed by atoms with E-state index in [1.165, 1.54) is 4.90 Å². The summed E-state index contributed by atoms with van der Waals surface area (Å²) < 4.78 is 16.4. The molecule has 3 rings (SSSR count). The van der Waals surface area contributed by atoms with Crippen LogP contribution in [-0.2, 0) is 20.9 Å². The van der Waals surface area contributed by atoms with Gasteiger partial charge in [0.25, 0.3) is 5.91 Å². The average Bonchev–Trinajstić information content (AvgIpc) is 2.67. The molecule has 26 heavy (non-hydrogen) atoms. The first kappa shape index (κ1) is 17.8. The van der Waals surface area contributed by atoms with E-state index in [2.05, 4.69) is 0 Å². The molecular weight excluding hydrogens is 334 g/mol. The van der Waals surface area contributed by atoms with Crippen molar-refractivity contribution in [3.05, 3.63) is 60.2 Å². The first-order valence-electron chi connectivity index (χ1n) is 8.42. The van der Waals surface area contributed by atoms with E-state index >= 15 is 0 Å². The minimum absolute atomic E-state index is 0.0522. The van der Waals surface area contributed by atoms with E-state index in [1.807, 2.05) is 36.4 Å². The molecule has 0 fully saturated rings. The standard InChI is InChI=1S/C20H21NO5/c1-14(19(22)21(2)12-15-8-4-3-5-9-15)25-20(23)18-13-24-16-10-6-7-11-17(16)26-18/h3-11,14,18H,12-13H2,1-2H3/t14-,18-/m0/s1. The van der Waals surface area contributed by atoms with Gasteiger partial charge in [0.15, 0.2) is 17.6 Å². The Balaban J connectivity index is 1.54. The predicted molar refractivity (Wildman–Crippen MR) is 94.8 cm³/mol. The summed E-state index contributed by atoms with van der Waals surface area (Å²) in [4.78, 5) is 26.3. The van der Waals surface area contributed by atoms with Crippen molar-refractivity contribution in [1.82, 2.24) is 4.90 Å². The number of ether oxygens (including phenoxy) is 3. The number of likely N-dealkylation sites (N-methyl/N-ethyl adjacent to an activating group) is 1. The molecule has 0 unspecified atom stereocenters. The molecule has 6 heteroatoms. The van der Waals surface area contributed by atoms with E-state index in [0.717, 1.165) is 5.56 Å². The number of fused-ring (bicyclic) bond motifs is 1. The fourth-order valence-corrected chi connectivity index (χ4v) is 2.68. The number of carbonyl (C=O) groups is 2. The summed E-state index contributed by atoms with van der Waals surface area (Å²) in [6, 6.07) is 16.7. The van der Waals surface area contributed by atoms with Gasteiger partial charge in [0.05, 0.1) is 0 Å².